The monoisotopic (exact) mass is 393 g/mol. The molecule has 0 aliphatic heterocycles. The molecule has 0 heterocycles. The lowest BCUT2D eigenvalue weighted by Crippen LogP contribution is -2.13. The number of carbonyl (C=O) groups excluding carboxylic acids is 1. The summed E-state index contributed by atoms with van der Waals surface area (Å²) >= 11 is 7.47. The number of thioether (sulfide) groups is 1. The zero-order chi connectivity index (χ0) is 18.5. The number of halogens is 2. The van der Waals surface area contributed by atoms with Crippen molar-refractivity contribution >= 4 is 35.0 Å². The van der Waals surface area contributed by atoms with E-state index < -0.39 is 5.82 Å². The molecule has 26 heavy (non-hydrogen) atoms. The number of aliphatic hydroxyl groups is 1. The van der Waals surface area contributed by atoms with Crippen molar-refractivity contribution in [2.45, 2.75) is 48.4 Å². The van der Waals surface area contributed by atoms with Crippen LogP contribution in [-0.4, -0.2) is 22.4 Å². The van der Waals surface area contributed by atoms with Gasteiger partial charge in [-0.25, -0.2) is 4.39 Å². The van der Waals surface area contributed by atoms with Gasteiger partial charge in [0, 0.05) is 21.4 Å². The van der Waals surface area contributed by atoms with Crippen LogP contribution in [0.3, 0.4) is 0 Å². The van der Waals surface area contributed by atoms with Crippen LogP contribution in [0.5, 0.6) is 0 Å². The van der Waals surface area contributed by atoms with E-state index in [0.29, 0.717) is 16.5 Å². The van der Waals surface area contributed by atoms with E-state index in [0.717, 1.165) is 37.0 Å². The smallest absolute Gasteiger partial charge is 0.255 e. The van der Waals surface area contributed by atoms with E-state index in [-0.39, 0.29) is 17.0 Å². The molecule has 1 aliphatic carbocycles. The molecule has 2 atom stereocenters. The minimum Gasteiger partial charge on any atom is -0.393 e. The van der Waals surface area contributed by atoms with Crippen molar-refractivity contribution in [1.82, 2.24) is 0 Å². The number of aliphatic hydroxyl groups excluding tert-OH is 1. The van der Waals surface area contributed by atoms with Crippen molar-refractivity contribution in [3.8, 4) is 0 Å². The average Bonchev–Trinajstić information content (AvgIpc) is 2.82. The zero-order valence-corrected chi connectivity index (χ0v) is 15.8. The maximum absolute atomic E-state index is 13.2. The van der Waals surface area contributed by atoms with Crippen molar-refractivity contribution in [2.75, 3.05) is 5.32 Å². The fraction of sp³-hybridized carbons (Fsp3) is 0.350. The van der Waals surface area contributed by atoms with Crippen molar-refractivity contribution < 1.29 is 14.3 Å². The Balaban J connectivity index is 1.67. The number of benzene rings is 2. The first kappa shape index (κ1) is 19.2. The summed E-state index contributed by atoms with van der Waals surface area (Å²) in [5, 5.41) is 13.0. The topological polar surface area (TPSA) is 49.3 Å². The third-order valence-corrected chi connectivity index (χ3v) is 6.00. The summed E-state index contributed by atoms with van der Waals surface area (Å²) in [6.45, 7) is 0. The van der Waals surface area contributed by atoms with Crippen LogP contribution in [0.25, 0.3) is 0 Å². The SMILES string of the molecule is O=C(Nc1ccc(F)c(Cl)c1)c1cccc(S[C@H]2CCCC[C@@H](O)C2)c1. The van der Waals surface area contributed by atoms with Gasteiger partial charge in [-0.3, -0.25) is 4.79 Å². The van der Waals surface area contributed by atoms with Crippen molar-refractivity contribution in [1.29, 1.82) is 0 Å². The Hall–Kier alpha value is -1.56. The van der Waals surface area contributed by atoms with E-state index in [4.69, 9.17) is 11.6 Å². The molecule has 0 bridgehead atoms. The molecule has 3 rings (SSSR count). The van der Waals surface area contributed by atoms with Crippen LogP contribution in [0.15, 0.2) is 47.4 Å². The number of rotatable bonds is 4. The highest BCUT2D eigenvalue weighted by molar-refractivity contribution is 8.00. The molecule has 1 saturated carbocycles. The Morgan fingerprint density at radius 3 is 2.81 bits per heavy atom. The first-order valence-corrected chi connectivity index (χ1v) is 9.98. The first-order valence-electron chi connectivity index (χ1n) is 8.72. The molecule has 0 saturated heterocycles. The summed E-state index contributed by atoms with van der Waals surface area (Å²) in [5.41, 5.74) is 0.982. The lowest BCUT2D eigenvalue weighted by Gasteiger charge is -2.16. The minimum absolute atomic E-state index is 0.0287. The van der Waals surface area contributed by atoms with Crippen LogP contribution >= 0.6 is 23.4 Å². The van der Waals surface area contributed by atoms with Crippen molar-refractivity contribution in [3.63, 3.8) is 0 Å². The molecule has 6 heteroatoms. The second-order valence-electron chi connectivity index (χ2n) is 6.52. The van der Waals surface area contributed by atoms with Crippen LogP contribution in [-0.2, 0) is 0 Å². The molecule has 2 aromatic rings. The molecule has 0 radical (unpaired) electrons. The number of hydrogen-bond acceptors (Lipinski definition) is 3. The van der Waals surface area contributed by atoms with E-state index in [2.05, 4.69) is 5.32 Å². The van der Waals surface area contributed by atoms with Gasteiger partial charge in [0.25, 0.3) is 5.91 Å². The number of hydrogen-bond donors (Lipinski definition) is 2. The standard InChI is InChI=1S/C20H21ClFNO2S/c21-18-11-14(8-9-19(18)22)23-20(25)13-4-3-7-16(10-13)26-17-6-2-1-5-15(24)12-17/h3-4,7-11,15,17,24H,1-2,5-6,12H2,(H,23,25)/t15-,17+/m1/s1. The van der Waals surface area contributed by atoms with Gasteiger partial charge >= 0.3 is 0 Å². The van der Waals surface area contributed by atoms with Crippen LogP contribution in [0.1, 0.15) is 42.5 Å². The summed E-state index contributed by atoms with van der Waals surface area (Å²) in [6, 6.07) is 11.5. The van der Waals surface area contributed by atoms with E-state index >= 15 is 0 Å². The Labute approximate surface area is 161 Å². The number of carbonyl (C=O) groups is 1. The molecule has 2 aromatic carbocycles. The molecular weight excluding hydrogens is 373 g/mol. The van der Waals surface area contributed by atoms with Crippen molar-refractivity contribution in [3.05, 3.63) is 58.9 Å². The molecule has 0 aromatic heterocycles. The van der Waals surface area contributed by atoms with Gasteiger partial charge in [0.15, 0.2) is 0 Å². The van der Waals surface area contributed by atoms with E-state index in [1.54, 1.807) is 17.8 Å². The summed E-state index contributed by atoms with van der Waals surface area (Å²) < 4.78 is 13.2. The summed E-state index contributed by atoms with van der Waals surface area (Å²) in [4.78, 5) is 13.5. The van der Waals surface area contributed by atoms with E-state index in [1.807, 2.05) is 18.2 Å². The predicted molar refractivity (Wildman–Crippen MR) is 105 cm³/mol. The highest BCUT2D eigenvalue weighted by Gasteiger charge is 2.19. The van der Waals surface area contributed by atoms with Gasteiger partial charge < -0.3 is 10.4 Å². The maximum Gasteiger partial charge on any atom is 0.255 e. The largest absolute Gasteiger partial charge is 0.393 e. The van der Waals surface area contributed by atoms with Gasteiger partial charge in [0.1, 0.15) is 5.82 Å². The molecule has 138 valence electrons. The molecular formula is C20H21ClFNO2S. The first-order chi connectivity index (χ1) is 12.5. The van der Waals surface area contributed by atoms with Gasteiger partial charge in [-0.05, 0) is 55.7 Å². The molecule has 0 spiro atoms. The lowest BCUT2D eigenvalue weighted by molar-refractivity contribution is 0.102. The van der Waals surface area contributed by atoms with Gasteiger partial charge in [-0.15, -0.1) is 11.8 Å². The second-order valence-corrected chi connectivity index (χ2v) is 8.31. The maximum atomic E-state index is 13.2. The van der Waals surface area contributed by atoms with Gasteiger partial charge in [-0.2, -0.15) is 0 Å². The van der Waals surface area contributed by atoms with E-state index in [1.165, 1.54) is 18.2 Å². The molecule has 0 unspecified atom stereocenters. The van der Waals surface area contributed by atoms with Crippen molar-refractivity contribution in [2.24, 2.45) is 0 Å². The summed E-state index contributed by atoms with van der Waals surface area (Å²) in [7, 11) is 0. The summed E-state index contributed by atoms with van der Waals surface area (Å²) in [5.74, 6) is -0.787. The fourth-order valence-electron chi connectivity index (χ4n) is 3.08. The predicted octanol–water partition coefficient (Wildman–Crippen LogP) is 5.52. The van der Waals surface area contributed by atoms with E-state index in [9.17, 15) is 14.3 Å². The number of anilines is 1. The summed E-state index contributed by atoms with van der Waals surface area (Å²) in [6.07, 6.45) is 4.70. The lowest BCUT2D eigenvalue weighted by atomic mass is 10.2. The van der Waals surface area contributed by atoms with Crippen LogP contribution in [0.4, 0.5) is 10.1 Å². The highest BCUT2D eigenvalue weighted by atomic mass is 35.5. The molecule has 3 nitrogen and oxygen atoms in total. The third-order valence-electron chi connectivity index (χ3n) is 4.42. The van der Waals surface area contributed by atoms with Crippen LogP contribution in [0.2, 0.25) is 5.02 Å². The molecule has 2 N–H and O–H groups in total. The van der Waals surface area contributed by atoms with Gasteiger partial charge in [-0.1, -0.05) is 30.5 Å². The van der Waals surface area contributed by atoms with Crippen LogP contribution < -0.4 is 5.32 Å². The Morgan fingerprint density at radius 1 is 1.19 bits per heavy atom. The molecule has 1 fully saturated rings. The van der Waals surface area contributed by atoms with Gasteiger partial charge in [0.2, 0.25) is 0 Å². The Morgan fingerprint density at radius 2 is 2.00 bits per heavy atom. The van der Waals surface area contributed by atoms with Crippen LogP contribution in [0, 0.1) is 5.82 Å². The average molecular weight is 394 g/mol. The molecule has 1 aliphatic rings. The number of amides is 1. The number of nitrogens with one attached hydrogen (secondary N) is 1. The van der Waals surface area contributed by atoms with Gasteiger partial charge in [0.05, 0.1) is 11.1 Å². The highest BCUT2D eigenvalue weighted by Crippen LogP contribution is 2.33. The Kier molecular flexibility index (Phi) is 6.57. The Bertz CT molecular complexity index is 786. The minimum atomic E-state index is -0.520. The third kappa shape index (κ3) is 5.22. The fourth-order valence-corrected chi connectivity index (χ4v) is 4.60. The quantitative estimate of drug-likeness (QED) is 0.672. The second kappa shape index (κ2) is 8.89. The molecule has 1 amide bonds. The zero-order valence-electron chi connectivity index (χ0n) is 14.3. The normalized spacial score (nSPS) is 20.4.